The second-order valence-corrected chi connectivity index (χ2v) is 6.35. The fourth-order valence-corrected chi connectivity index (χ4v) is 2.94. The van der Waals surface area contributed by atoms with Gasteiger partial charge in [0, 0.05) is 23.3 Å². The molecule has 0 unspecified atom stereocenters. The number of hydrogen-bond donors (Lipinski definition) is 2. The molecule has 1 aromatic carbocycles. The normalized spacial score (nSPS) is 10.6. The van der Waals surface area contributed by atoms with Gasteiger partial charge < -0.3 is 15.1 Å². The summed E-state index contributed by atoms with van der Waals surface area (Å²) in [5.74, 6) is -0.00611. The number of rotatable bonds is 6. The lowest BCUT2D eigenvalue weighted by Gasteiger charge is -2.10. The molecular weight excluding hydrogens is 368 g/mol. The zero-order valence-electron chi connectivity index (χ0n) is 15.5. The van der Waals surface area contributed by atoms with E-state index in [1.807, 2.05) is 36.4 Å². The Bertz CT molecular complexity index is 1140. The van der Waals surface area contributed by atoms with Crippen LogP contribution in [0.15, 0.2) is 77.7 Å². The van der Waals surface area contributed by atoms with Crippen LogP contribution in [0.25, 0.3) is 22.2 Å². The Hall–Kier alpha value is -4.00. The van der Waals surface area contributed by atoms with Crippen LogP contribution in [0.5, 0.6) is 0 Å². The van der Waals surface area contributed by atoms with Gasteiger partial charge in [0.1, 0.15) is 5.76 Å². The monoisotopic (exact) mass is 386 g/mol. The first-order valence-electron chi connectivity index (χ1n) is 9.08. The molecule has 0 atom stereocenters. The number of hydrogen-bond acceptors (Lipinski definition) is 5. The quantitative estimate of drug-likeness (QED) is 0.531. The molecule has 0 aliphatic rings. The van der Waals surface area contributed by atoms with E-state index >= 15 is 0 Å². The third-order valence-corrected chi connectivity index (χ3v) is 4.37. The predicted octanol–water partition coefficient (Wildman–Crippen LogP) is 2.94. The Balaban J connectivity index is 1.52. The molecule has 3 aromatic heterocycles. The lowest BCUT2D eigenvalue weighted by atomic mass is 10.0. The average molecular weight is 386 g/mol. The molecule has 0 aliphatic carbocycles. The molecule has 0 spiro atoms. The molecule has 0 saturated heterocycles. The number of carbonyl (C=O) groups is 2. The maximum Gasteiger partial charge on any atom is 0.252 e. The summed E-state index contributed by atoms with van der Waals surface area (Å²) >= 11 is 0. The minimum atomic E-state index is -0.345. The van der Waals surface area contributed by atoms with Crippen molar-refractivity contribution in [3.8, 4) is 11.3 Å². The molecule has 7 heteroatoms. The van der Waals surface area contributed by atoms with Crippen molar-refractivity contribution < 1.29 is 14.0 Å². The Morgan fingerprint density at radius 2 is 1.90 bits per heavy atom. The summed E-state index contributed by atoms with van der Waals surface area (Å²) in [6.07, 6.45) is 4.91. The minimum absolute atomic E-state index is 0.140. The summed E-state index contributed by atoms with van der Waals surface area (Å²) in [5.41, 5.74) is 2.60. The zero-order valence-corrected chi connectivity index (χ0v) is 15.5. The highest BCUT2D eigenvalue weighted by Crippen LogP contribution is 2.24. The number of amides is 2. The number of aromatic nitrogens is 2. The molecule has 7 nitrogen and oxygen atoms in total. The van der Waals surface area contributed by atoms with E-state index in [1.165, 1.54) is 6.26 Å². The van der Waals surface area contributed by atoms with Crippen LogP contribution in [-0.2, 0) is 11.3 Å². The molecule has 0 aliphatic heterocycles. The van der Waals surface area contributed by atoms with Crippen molar-refractivity contribution in [1.29, 1.82) is 0 Å². The lowest BCUT2D eigenvalue weighted by Crippen LogP contribution is -2.36. The van der Waals surface area contributed by atoms with Crippen LogP contribution in [-0.4, -0.2) is 28.3 Å². The first-order chi connectivity index (χ1) is 14.2. The SMILES string of the molecule is O=C(CNC(=O)c1cc(-c2cccnc2)nc2ccccc12)NCc1ccco1. The number of fused-ring (bicyclic) bond motifs is 1. The van der Waals surface area contributed by atoms with Crippen molar-refractivity contribution in [3.63, 3.8) is 0 Å². The molecule has 4 aromatic rings. The number of carbonyl (C=O) groups excluding carboxylic acids is 2. The highest BCUT2D eigenvalue weighted by atomic mass is 16.3. The molecule has 2 N–H and O–H groups in total. The molecule has 29 heavy (non-hydrogen) atoms. The smallest absolute Gasteiger partial charge is 0.252 e. The molecule has 3 heterocycles. The number of nitrogens with zero attached hydrogens (tertiary/aromatic N) is 2. The van der Waals surface area contributed by atoms with E-state index in [0.717, 1.165) is 5.56 Å². The van der Waals surface area contributed by atoms with Crippen molar-refractivity contribution in [1.82, 2.24) is 20.6 Å². The summed E-state index contributed by atoms with van der Waals surface area (Å²) in [4.78, 5) is 33.6. The molecule has 0 saturated carbocycles. The molecule has 0 radical (unpaired) electrons. The average Bonchev–Trinajstić information content (AvgIpc) is 3.29. The fourth-order valence-electron chi connectivity index (χ4n) is 2.94. The van der Waals surface area contributed by atoms with Crippen LogP contribution in [0.3, 0.4) is 0 Å². The Morgan fingerprint density at radius 3 is 2.69 bits per heavy atom. The van der Waals surface area contributed by atoms with Gasteiger partial charge in [0.15, 0.2) is 0 Å². The van der Waals surface area contributed by atoms with E-state index < -0.39 is 0 Å². The fraction of sp³-hybridized carbons (Fsp3) is 0.0909. The van der Waals surface area contributed by atoms with Crippen molar-refractivity contribution >= 4 is 22.7 Å². The van der Waals surface area contributed by atoms with Crippen LogP contribution < -0.4 is 10.6 Å². The van der Waals surface area contributed by atoms with Gasteiger partial charge in [-0.15, -0.1) is 0 Å². The standard InChI is InChI=1S/C22H18N4O3/c27-21(24-13-16-6-4-10-29-16)14-25-22(28)18-11-20(15-5-3-9-23-12-15)26-19-8-2-1-7-17(18)19/h1-12H,13-14H2,(H,24,27)(H,25,28). The number of pyridine rings is 2. The van der Waals surface area contributed by atoms with Crippen LogP contribution >= 0.6 is 0 Å². The summed E-state index contributed by atoms with van der Waals surface area (Å²) in [7, 11) is 0. The van der Waals surface area contributed by atoms with Gasteiger partial charge in [0.05, 0.1) is 36.1 Å². The van der Waals surface area contributed by atoms with E-state index in [-0.39, 0.29) is 24.9 Å². The molecule has 144 valence electrons. The van der Waals surface area contributed by atoms with Gasteiger partial charge in [-0.2, -0.15) is 0 Å². The lowest BCUT2D eigenvalue weighted by molar-refractivity contribution is -0.120. The minimum Gasteiger partial charge on any atom is -0.467 e. The van der Waals surface area contributed by atoms with Gasteiger partial charge in [-0.05, 0) is 36.4 Å². The summed E-state index contributed by atoms with van der Waals surface area (Å²) < 4.78 is 5.17. The third kappa shape index (κ3) is 4.30. The van der Waals surface area contributed by atoms with Crippen molar-refractivity contribution in [2.75, 3.05) is 6.54 Å². The molecule has 0 bridgehead atoms. The van der Waals surface area contributed by atoms with E-state index in [9.17, 15) is 9.59 Å². The predicted molar refractivity (Wildman–Crippen MR) is 108 cm³/mol. The second kappa shape index (κ2) is 8.35. The van der Waals surface area contributed by atoms with E-state index in [1.54, 1.807) is 30.6 Å². The highest BCUT2D eigenvalue weighted by molar-refractivity contribution is 6.08. The third-order valence-electron chi connectivity index (χ3n) is 4.37. The Labute approximate surface area is 166 Å². The van der Waals surface area contributed by atoms with Gasteiger partial charge in [-0.3, -0.25) is 14.6 Å². The second-order valence-electron chi connectivity index (χ2n) is 6.35. The van der Waals surface area contributed by atoms with Gasteiger partial charge in [0.2, 0.25) is 5.91 Å². The van der Waals surface area contributed by atoms with E-state index in [2.05, 4.69) is 20.6 Å². The molecular formula is C22H18N4O3. The number of para-hydroxylation sites is 1. The first-order valence-corrected chi connectivity index (χ1v) is 9.08. The molecule has 0 fully saturated rings. The largest absolute Gasteiger partial charge is 0.467 e. The van der Waals surface area contributed by atoms with Crippen molar-refractivity contribution in [2.45, 2.75) is 6.54 Å². The topological polar surface area (TPSA) is 97.1 Å². The maximum atomic E-state index is 12.8. The molecule has 4 rings (SSSR count). The van der Waals surface area contributed by atoms with E-state index in [4.69, 9.17) is 4.42 Å². The number of benzene rings is 1. The Kier molecular flexibility index (Phi) is 5.29. The van der Waals surface area contributed by atoms with Crippen LogP contribution in [0.1, 0.15) is 16.1 Å². The maximum absolute atomic E-state index is 12.8. The zero-order chi connectivity index (χ0) is 20.1. The first kappa shape index (κ1) is 18.4. The van der Waals surface area contributed by atoms with Gasteiger partial charge in [0.25, 0.3) is 5.91 Å². The summed E-state index contributed by atoms with van der Waals surface area (Å²) in [6.45, 7) is 0.128. The highest BCUT2D eigenvalue weighted by Gasteiger charge is 2.15. The van der Waals surface area contributed by atoms with Crippen LogP contribution in [0, 0.1) is 0 Å². The number of furan rings is 1. The van der Waals surface area contributed by atoms with Crippen molar-refractivity contribution in [3.05, 3.63) is 84.6 Å². The molecule has 2 amide bonds. The van der Waals surface area contributed by atoms with Gasteiger partial charge >= 0.3 is 0 Å². The van der Waals surface area contributed by atoms with Crippen LogP contribution in [0.2, 0.25) is 0 Å². The van der Waals surface area contributed by atoms with Crippen molar-refractivity contribution in [2.24, 2.45) is 0 Å². The number of nitrogens with one attached hydrogen (secondary N) is 2. The Morgan fingerprint density at radius 1 is 1.00 bits per heavy atom. The summed E-state index contributed by atoms with van der Waals surface area (Å²) in [6, 6.07) is 16.3. The van der Waals surface area contributed by atoms with E-state index in [0.29, 0.717) is 27.9 Å². The van der Waals surface area contributed by atoms with Gasteiger partial charge in [-0.25, -0.2) is 4.98 Å². The summed E-state index contributed by atoms with van der Waals surface area (Å²) in [5, 5.41) is 6.09. The van der Waals surface area contributed by atoms with Gasteiger partial charge in [-0.1, -0.05) is 18.2 Å². The van der Waals surface area contributed by atoms with Crippen LogP contribution in [0.4, 0.5) is 0 Å².